The van der Waals surface area contributed by atoms with Gasteiger partial charge in [-0.25, -0.2) is 0 Å². The average molecular weight is 233 g/mol. The molecule has 0 saturated carbocycles. The van der Waals surface area contributed by atoms with E-state index in [1.54, 1.807) is 12.4 Å². The number of pyridine rings is 1. The second-order valence-electron chi connectivity index (χ2n) is 4.60. The van der Waals surface area contributed by atoms with Crippen LogP contribution < -0.4 is 0 Å². The molecular formula is C14H19NO2. The van der Waals surface area contributed by atoms with E-state index < -0.39 is 0 Å². The molecule has 0 amide bonds. The van der Waals surface area contributed by atoms with Crippen molar-refractivity contribution in [2.24, 2.45) is 0 Å². The Morgan fingerprint density at radius 2 is 2.18 bits per heavy atom. The number of ether oxygens (including phenoxy) is 1. The summed E-state index contributed by atoms with van der Waals surface area (Å²) >= 11 is 0. The van der Waals surface area contributed by atoms with E-state index >= 15 is 0 Å². The van der Waals surface area contributed by atoms with Crippen LogP contribution in [0.25, 0.3) is 0 Å². The van der Waals surface area contributed by atoms with Crippen molar-refractivity contribution in [3.05, 3.63) is 30.1 Å². The smallest absolute Gasteiger partial charge is 0.137 e. The van der Waals surface area contributed by atoms with Gasteiger partial charge >= 0.3 is 0 Å². The zero-order valence-electron chi connectivity index (χ0n) is 10.1. The number of ketones is 1. The summed E-state index contributed by atoms with van der Waals surface area (Å²) < 4.78 is 5.62. The molecule has 1 unspecified atom stereocenters. The van der Waals surface area contributed by atoms with Gasteiger partial charge in [-0.05, 0) is 43.4 Å². The van der Waals surface area contributed by atoms with Gasteiger partial charge in [0, 0.05) is 31.8 Å². The zero-order chi connectivity index (χ0) is 11.9. The lowest BCUT2D eigenvalue weighted by Gasteiger charge is -2.22. The van der Waals surface area contributed by atoms with Crippen molar-refractivity contribution in [1.29, 1.82) is 0 Å². The van der Waals surface area contributed by atoms with Crippen LogP contribution in [0.5, 0.6) is 0 Å². The number of nitrogens with zero attached hydrogens (tertiary/aromatic N) is 1. The van der Waals surface area contributed by atoms with Gasteiger partial charge in [-0.3, -0.25) is 9.78 Å². The largest absolute Gasteiger partial charge is 0.378 e. The van der Waals surface area contributed by atoms with Crippen LogP contribution in [-0.2, 0) is 16.0 Å². The number of carbonyl (C=O) groups is 1. The Bertz CT molecular complexity index is 344. The lowest BCUT2D eigenvalue weighted by atomic mass is 10.0. The maximum atomic E-state index is 11.8. The molecule has 1 aliphatic rings. The summed E-state index contributed by atoms with van der Waals surface area (Å²) in [5.41, 5.74) is 1.05. The Hall–Kier alpha value is -1.22. The van der Waals surface area contributed by atoms with Crippen LogP contribution in [0.15, 0.2) is 24.5 Å². The van der Waals surface area contributed by atoms with E-state index in [0.29, 0.717) is 24.7 Å². The first kappa shape index (κ1) is 12.2. The van der Waals surface area contributed by atoms with Crippen molar-refractivity contribution in [3.8, 4) is 0 Å². The number of carbonyl (C=O) groups excluding carboxylic acids is 1. The van der Waals surface area contributed by atoms with E-state index in [2.05, 4.69) is 4.98 Å². The Labute approximate surface area is 102 Å². The zero-order valence-corrected chi connectivity index (χ0v) is 10.1. The first-order valence-corrected chi connectivity index (χ1v) is 6.37. The third-order valence-corrected chi connectivity index (χ3v) is 3.17. The molecule has 3 nitrogen and oxygen atoms in total. The maximum absolute atomic E-state index is 11.8. The summed E-state index contributed by atoms with van der Waals surface area (Å²) in [6.07, 6.45) is 9.32. The summed E-state index contributed by atoms with van der Waals surface area (Å²) in [5, 5.41) is 0. The standard InChI is InChI=1S/C14H19NO2/c16-13(11-12-6-8-15-9-7-12)4-5-14-3-1-2-10-17-14/h6-9,14H,1-5,10-11H2. The first-order chi connectivity index (χ1) is 8.34. The lowest BCUT2D eigenvalue weighted by molar-refractivity contribution is -0.119. The first-order valence-electron chi connectivity index (χ1n) is 6.37. The molecule has 92 valence electrons. The van der Waals surface area contributed by atoms with Crippen molar-refractivity contribution in [3.63, 3.8) is 0 Å². The second-order valence-corrected chi connectivity index (χ2v) is 4.60. The van der Waals surface area contributed by atoms with Crippen LogP contribution in [0.4, 0.5) is 0 Å². The summed E-state index contributed by atoms with van der Waals surface area (Å²) in [4.78, 5) is 15.7. The summed E-state index contributed by atoms with van der Waals surface area (Å²) in [7, 11) is 0. The highest BCUT2D eigenvalue weighted by atomic mass is 16.5. The molecule has 0 radical (unpaired) electrons. The Morgan fingerprint density at radius 3 is 2.88 bits per heavy atom. The molecule has 1 saturated heterocycles. The van der Waals surface area contributed by atoms with Gasteiger partial charge in [0.15, 0.2) is 0 Å². The molecule has 17 heavy (non-hydrogen) atoms. The molecule has 1 atom stereocenters. The van der Waals surface area contributed by atoms with Gasteiger partial charge in [0.25, 0.3) is 0 Å². The summed E-state index contributed by atoms with van der Waals surface area (Å²) in [6.45, 7) is 0.864. The van der Waals surface area contributed by atoms with Gasteiger partial charge in [-0.2, -0.15) is 0 Å². The fourth-order valence-corrected chi connectivity index (χ4v) is 2.17. The molecule has 0 bridgehead atoms. The molecule has 1 aromatic rings. The topological polar surface area (TPSA) is 39.2 Å². The molecule has 0 aliphatic carbocycles. The van der Waals surface area contributed by atoms with Crippen LogP contribution in [-0.4, -0.2) is 23.5 Å². The minimum absolute atomic E-state index is 0.297. The van der Waals surface area contributed by atoms with E-state index in [-0.39, 0.29) is 0 Å². The monoisotopic (exact) mass is 233 g/mol. The molecular weight excluding hydrogens is 214 g/mol. The van der Waals surface area contributed by atoms with Gasteiger partial charge in [0.05, 0.1) is 6.10 Å². The van der Waals surface area contributed by atoms with Crippen molar-refractivity contribution in [2.45, 2.75) is 44.6 Å². The van der Waals surface area contributed by atoms with Gasteiger partial charge in [-0.15, -0.1) is 0 Å². The maximum Gasteiger partial charge on any atom is 0.137 e. The molecule has 0 spiro atoms. The summed E-state index contributed by atoms with van der Waals surface area (Å²) in [5.74, 6) is 0.297. The molecule has 3 heteroatoms. The predicted octanol–water partition coefficient (Wildman–Crippen LogP) is 2.54. The van der Waals surface area contributed by atoms with E-state index in [9.17, 15) is 4.79 Å². The molecule has 1 fully saturated rings. The molecule has 1 aliphatic heterocycles. The molecule has 2 heterocycles. The highest BCUT2D eigenvalue weighted by Gasteiger charge is 2.15. The minimum Gasteiger partial charge on any atom is -0.378 e. The Kier molecular flexibility index (Phi) is 4.68. The number of Topliss-reactive ketones (excluding diaryl/α,β-unsaturated/α-hetero) is 1. The number of rotatable bonds is 5. The highest BCUT2D eigenvalue weighted by Crippen LogP contribution is 2.17. The second kappa shape index (κ2) is 6.50. The van der Waals surface area contributed by atoms with Crippen LogP contribution in [0, 0.1) is 0 Å². The van der Waals surface area contributed by atoms with E-state index in [1.807, 2.05) is 12.1 Å². The SMILES string of the molecule is O=C(CCC1CCCCO1)Cc1ccncc1. The minimum atomic E-state index is 0.297. The fourth-order valence-electron chi connectivity index (χ4n) is 2.17. The van der Waals surface area contributed by atoms with E-state index in [0.717, 1.165) is 25.0 Å². The highest BCUT2D eigenvalue weighted by molar-refractivity contribution is 5.80. The Morgan fingerprint density at radius 1 is 1.35 bits per heavy atom. The van der Waals surface area contributed by atoms with Gasteiger partial charge < -0.3 is 4.74 Å². The Balaban J connectivity index is 1.70. The average Bonchev–Trinajstić information content (AvgIpc) is 2.39. The fraction of sp³-hybridized carbons (Fsp3) is 0.571. The molecule has 2 rings (SSSR count). The predicted molar refractivity (Wildman–Crippen MR) is 65.8 cm³/mol. The quantitative estimate of drug-likeness (QED) is 0.784. The normalized spacial score (nSPS) is 20.1. The molecule has 1 aromatic heterocycles. The van der Waals surface area contributed by atoms with Crippen LogP contribution in [0.2, 0.25) is 0 Å². The lowest BCUT2D eigenvalue weighted by Crippen LogP contribution is -2.20. The van der Waals surface area contributed by atoms with Gasteiger partial charge in [0.1, 0.15) is 5.78 Å². The van der Waals surface area contributed by atoms with Crippen molar-refractivity contribution in [2.75, 3.05) is 6.61 Å². The number of aromatic nitrogens is 1. The molecule has 0 aromatic carbocycles. The van der Waals surface area contributed by atoms with Gasteiger partial charge in [-0.1, -0.05) is 0 Å². The third-order valence-electron chi connectivity index (χ3n) is 3.17. The van der Waals surface area contributed by atoms with Gasteiger partial charge in [0.2, 0.25) is 0 Å². The third kappa shape index (κ3) is 4.27. The van der Waals surface area contributed by atoms with Crippen molar-refractivity contribution in [1.82, 2.24) is 4.98 Å². The van der Waals surface area contributed by atoms with Crippen LogP contribution in [0.3, 0.4) is 0 Å². The molecule has 0 N–H and O–H groups in total. The number of hydrogen-bond donors (Lipinski definition) is 0. The van der Waals surface area contributed by atoms with E-state index in [4.69, 9.17) is 4.74 Å². The van der Waals surface area contributed by atoms with Crippen LogP contribution >= 0.6 is 0 Å². The van der Waals surface area contributed by atoms with Crippen molar-refractivity contribution >= 4 is 5.78 Å². The van der Waals surface area contributed by atoms with Crippen molar-refractivity contribution < 1.29 is 9.53 Å². The number of hydrogen-bond acceptors (Lipinski definition) is 3. The van der Waals surface area contributed by atoms with Crippen LogP contribution in [0.1, 0.15) is 37.7 Å². The summed E-state index contributed by atoms with van der Waals surface area (Å²) in [6, 6.07) is 3.80. The van der Waals surface area contributed by atoms with E-state index in [1.165, 1.54) is 12.8 Å².